The zero-order chi connectivity index (χ0) is 14.3. The SMILES string of the molecule is CS(=O)(=O)N1CCN(C(=S)N[C@@H]2C[C@@H]3CC[C@@H]2C3)CC1. The second-order valence-corrected chi connectivity index (χ2v) is 8.75. The van der Waals surface area contributed by atoms with Crippen molar-refractivity contribution >= 4 is 27.4 Å². The third-order valence-electron chi connectivity index (χ3n) is 5.04. The lowest BCUT2D eigenvalue weighted by Crippen LogP contribution is -2.54. The number of nitrogens with one attached hydrogen (secondary N) is 1. The van der Waals surface area contributed by atoms with Gasteiger partial charge in [0.1, 0.15) is 0 Å². The van der Waals surface area contributed by atoms with Crippen LogP contribution in [0.15, 0.2) is 0 Å². The third kappa shape index (κ3) is 2.94. The molecule has 1 N–H and O–H groups in total. The highest BCUT2D eigenvalue weighted by molar-refractivity contribution is 7.88. The van der Waals surface area contributed by atoms with Crippen molar-refractivity contribution in [2.45, 2.75) is 31.7 Å². The molecule has 0 aromatic carbocycles. The second kappa shape index (κ2) is 5.42. The van der Waals surface area contributed by atoms with Gasteiger partial charge in [-0.2, -0.15) is 4.31 Å². The standard InChI is InChI=1S/C13H23N3O2S2/c1-20(17,18)16-6-4-15(5-7-16)13(19)14-12-9-10-2-3-11(12)8-10/h10-12H,2-9H2,1H3,(H,14,19)/t10-,11-,12-/m1/s1. The molecule has 0 aromatic rings. The van der Waals surface area contributed by atoms with Gasteiger partial charge in [-0.25, -0.2) is 8.42 Å². The molecule has 114 valence electrons. The predicted molar refractivity (Wildman–Crippen MR) is 83.0 cm³/mol. The maximum atomic E-state index is 11.5. The molecule has 0 amide bonds. The first-order valence-corrected chi connectivity index (χ1v) is 9.69. The molecule has 0 unspecified atom stereocenters. The van der Waals surface area contributed by atoms with Crippen LogP contribution in [0.1, 0.15) is 25.7 Å². The van der Waals surface area contributed by atoms with Gasteiger partial charge in [0.2, 0.25) is 10.0 Å². The first-order valence-electron chi connectivity index (χ1n) is 7.44. The molecule has 2 bridgehead atoms. The van der Waals surface area contributed by atoms with Crippen LogP contribution in [0.2, 0.25) is 0 Å². The monoisotopic (exact) mass is 317 g/mol. The van der Waals surface area contributed by atoms with E-state index in [-0.39, 0.29) is 0 Å². The van der Waals surface area contributed by atoms with Crippen molar-refractivity contribution in [3.05, 3.63) is 0 Å². The van der Waals surface area contributed by atoms with E-state index >= 15 is 0 Å². The van der Waals surface area contributed by atoms with Gasteiger partial charge in [-0.05, 0) is 43.3 Å². The van der Waals surface area contributed by atoms with Crippen LogP contribution >= 0.6 is 12.2 Å². The van der Waals surface area contributed by atoms with Gasteiger partial charge < -0.3 is 10.2 Å². The third-order valence-corrected chi connectivity index (χ3v) is 6.72. The number of hydrogen-bond acceptors (Lipinski definition) is 3. The molecule has 3 fully saturated rings. The maximum absolute atomic E-state index is 11.5. The van der Waals surface area contributed by atoms with Crippen LogP contribution in [0.3, 0.4) is 0 Å². The van der Waals surface area contributed by atoms with E-state index in [9.17, 15) is 8.42 Å². The smallest absolute Gasteiger partial charge is 0.211 e. The lowest BCUT2D eigenvalue weighted by Gasteiger charge is -2.36. The van der Waals surface area contributed by atoms with Crippen LogP contribution in [-0.2, 0) is 10.0 Å². The summed E-state index contributed by atoms with van der Waals surface area (Å²) in [6.07, 6.45) is 6.63. The Hall–Kier alpha value is -0.400. The zero-order valence-electron chi connectivity index (χ0n) is 11.9. The van der Waals surface area contributed by atoms with E-state index in [0.29, 0.717) is 32.2 Å². The van der Waals surface area contributed by atoms with Gasteiger partial charge >= 0.3 is 0 Å². The summed E-state index contributed by atoms with van der Waals surface area (Å²) in [6, 6.07) is 0.550. The molecule has 2 aliphatic carbocycles. The molecule has 1 saturated heterocycles. The second-order valence-electron chi connectivity index (χ2n) is 6.38. The number of nitrogens with zero attached hydrogens (tertiary/aromatic N) is 2. The molecular weight excluding hydrogens is 294 g/mol. The van der Waals surface area contributed by atoms with Gasteiger partial charge in [0, 0.05) is 32.2 Å². The van der Waals surface area contributed by atoms with Crippen LogP contribution in [0, 0.1) is 11.8 Å². The molecule has 1 aliphatic heterocycles. The fraction of sp³-hybridized carbons (Fsp3) is 0.923. The minimum atomic E-state index is -3.06. The summed E-state index contributed by atoms with van der Waals surface area (Å²) in [6.45, 7) is 2.47. The highest BCUT2D eigenvalue weighted by Gasteiger charge is 2.40. The Morgan fingerprint density at radius 3 is 2.35 bits per heavy atom. The Morgan fingerprint density at radius 1 is 1.15 bits per heavy atom. The van der Waals surface area contributed by atoms with Crippen molar-refractivity contribution in [2.75, 3.05) is 32.4 Å². The minimum absolute atomic E-state index is 0.539. The van der Waals surface area contributed by atoms with E-state index < -0.39 is 10.0 Å². The molecule has 2 saturated carbocycles. The maximum Gasteiger partial charge on any atom is 0.211 e. The van der Waals surface area contributed by atoms with Crippen LogP contribution in [0.25, 0.3) is 0 Å². The predicted octanol–water partition coefficient (Wildman–Crippen LogP) is 0.627. The molecule has 0 aromatic heterocycles. The van der Waals surface area contributed by atoms with Gasteiger partial charge in [-0.3, -0.25) is 0 Å². The number of piperazine rings is 1. The van der Waals surface area contributed by atoms with E-state index in [1.165, 1.54) is 36.2 Å². The Balaban J connectivity index is 1.50. The Bertz CT molecular complexity index is 486. The Kier molecular flexibility index (Phi) is 3.94. The van der Waals surface area contributed by atoms with E-state index in [2.05, 4.69) is 10.2 Å². The highest BCUT2D eigenvalue weighted by atomic mass is 32.2. The fourth-order valence-corrected chi connectivity index (χ4v) is 5.05. The highest BCUT2D eigenvalue weighted by Crippen LogP contribution is 2.44. The van der Waals surface area contributed by atoms with Crippen molar-refractivity contribution in [3.8, 4) is 0 Å². The molecular formula is C13H23N3O2S2. The van der Waals surface area contributed by atoms with Crippen LogP contribution in [0.4, 0.5) is 0 Å². The summed E-state index contributed by atoms with van der Waals surface area (Å²) in [5.74, 6) is 1.71. The van der Waals surface area contributed by atoms with Gasteiger partial charge in [0.05, 0.1) is 6.26 Å². The summed E-state index contributed by atoms with van der Waals surface area (Å²) in [7, 11) is -3.06. The molecule has 20 heavy (non-hydrogen) atoms. The van der Waals surface area contributed by atoms with Crippen LogP contribution < -0.4 is 5.32 Å². The molecule has 0 spiro atoms. The molecule has 3 aliphatic rings. The Morgan fingerprint density at radius 2 is 1.85 bits per heavy atom. The van der Waals surface area contributed by atoms with E-state index in [0.717, 1.165) is 16.9 Å². The Labute approximate surface area is 126 Å². The molecule has 1 heterocycles. The van der Waals surface area contributed by atoms with Gasteiger partial charge in [-0.1, -0.05) is 6.42 Å². The van der Waals surface area contributed by atoms with E-state index in [1.54, 1.807) is 0 Å². The van der Waals surface area contributed by atoms with E-state index in [1.807, 2.05) is 0 Å². The number of thiocarbonyl (C=S) groups is 1. The molecule has 7 heteroatoms. The molecule has 5 nitrogen and oxygen atoms in total. The number of hydrogen-bond donors (Lipinski definition) is 1. The quantitative estimate of drug-likeness (QED) is 0.757. The number of fused-ring (bicyclic) bond motifs is 2. The lowest BCUT2D eigenvalue weighted by atomic mass is 9.95. The summed E-state index contributed by atoms with van der Waals surface area (Å²) < 4.78 is 24.5. The average molecular weight is 317 g/mol. The van der Waals surface area contributed by atoms with Crippen molar-refractivity contribution in [2.24, 2.45) is 11.8 Å². The lowest BCUT2D eigenvalue weighted by molar-refractivity contribution is 0.259. The number of sulfonamides is 1. The zero-order valence-corrected chi connectivity index (χ0v) is 13.5. The summed E-state index contributed by atoms with van der Waals surface area (Å²) >= 11 is 5.51. The fourth-order valence-electron chi connectivity index (χ4n) is 3.89. The topological polar surface area (TPSA) is 52.7 Å². The summed E-state index contributed by atoms with van der Waals surface area (Å²) in [5, 5.41) is 4.34. The molecule has 3 rings (SSSR count). The van der Waals surface area contributed by atoms with Crippen LogP contribution in [-0.4, -0.2) is 61.2 Å². The van der Waals surface area contributed by atoms with Crippen molar-refractivity contribution in [1.82, 2.24) is 14.5 Å². The summed E-state index contributed by atoms with van der Waals surface area (Å²) in [4.78, 5) is 2.11. The van der Waals surface area contributed by atoms with Gasteiger partial charge in [-0.15, -0.1) is 0 Å². The molecule has 0 radical (unpaired) electrons. The minimum Gasteiger partial charge on any atom is -0.360 e. The largest absolute Gasteiger partial charge is 0.360 e. The van der Waals surface area contributed by atoms with Gasteiger partial charge in [0.25, 0.3) is 0 Å². The number of rotatable bonds is 2. The normalized spacial score (nSPS) is 34.5. The van der Waals surface area contributed by atoms with Gasteiger partial charge in [0.15, 0.2) is 5.11 Å². The summed E-state index contributed by atoms with van der Waals surface area (Å²) in [5.41, 5.74) is 0. The van der Waals surface area contributed by atoms with Crippen molar-refractivity contribution in [1.29, 1.82) is 0 Å². The first kappa shape index (κ1) is 14.5. The first-order chi connectivity index (χ1) is 9.43. The molecule has 3 atom stereocenters. The van der Waals surface area contributed by atoms with Crippen LogP contribution in [0.5, 0.6) is 0 Å². The van der Waals surface area contributed by atoms with Crippen molar-refractivity contribution in [3.63, 3.8) is 0 Å². The average Bonchev–Trinajstić information content (AvgIpc) is 3.00. The van der Waals surface area contributed by atoms with E-state index in [4.69, 9.17) is 12.2 Å². The van der Waals surface area contributed by atoms with Crippen molar-refractivity contribution < 1.29 is 8.42 Å².